The van der Waals surface area contributed by atoms with Gasteiger partial charge in [0.05, 0.1) is 10.4 Å². The Hall–Kier alpha value is -1.15. The largest absolute Gasteiger partial charge is 0.345 e. The summed E-state index contributed by atoms with van der Waals surface area (Å²) in [6, 6.07) is 1.60. The van der Waals surface area contributed by atoms with Crippen molar-refractivity contribution < 1.29 is 8.42 Å². The summed E-state index contributed by atoms with van der Waals surface area (Å²) < 4.78 is 27.0. The second kappa shape index (κ2) is 5.46. The Morgan fingerprint density at radius 1 is 1.53 bits per heavy atom. The van der Waals surface area contributed by atoms with Gasteiger partial charge in [-0.25, -0.2) is 18.1 Å². The Balaban J connectivity index is 2.38. The summed E-state index contributed by atoms with van der Waals surface area (Å²) in [7, 11) is -1.85. The Bertz CT molecular complexity index is 683. The van der Waals surface area contributed by atoms with Crippen molar-refractivity contribution in [3.8, 4) is 0 Å². The van der Waals surface area contributed by atoms with Crippen LogP contribution in [0.15, 0.2) is 23.4 Å². The van der Waals surface area contributed by atoms with Gasteiger partial charge in [-0.3, -0.25) is 0 Å². The highest BCUT2D eigenvalue weighted by molar-refractivity contribution is 7.89. The van der Waals surface area contributed by atoms with Crippen molar-refractivity contribution in [3.63, 3.8) is 0 Å². The van der Waals surface area contributed by atoms with Gasteiger partial charge in [0, 0.05) is 25.0 Å². The van der Waals surface area contributed by atoms with Crippen molar-refractivity contribution >= 4 is 32.7 Å². The average molecular weight is 303 g/mol. The van der Waals surface area contributed by atoms with E-state index in [9.17, 15) is 8.42 Å². The topological polar surface area (TPSA) is 86.9 Å². The number of halogens is 1. The molecule has 0 aliphatic heterocycles. The van der Waals surface area contributed by atoms with E-state index in [1.807, 2.05) is 6.92 Å². The molecule has 0 radical (unpaired) electrons. The summed E-state index contributed by atoms with van der Waals surface area (Å²) in [4.78, 5) is 6.96. The van der Waals surface area contributed by atoms with E-state index in [1.54, 1.807) is 13.1 Å². The molecule has 0 saturated heterocycles. The van der Waals surface area contributed by atoms with Crippen molar-refractivity contribution in [2.24, 2.45) is 0 Å². The number of hydrogen-bond acceptors (Lipinski definition) is 4. The molecule has 0 spiro atoms. The summed E-state index contributed by atoms with van der Waals surface area (Å²) in [5.74, 6) is 0. The lowest BCUT2D eigenvalue weighted by Crippen LogP contribution is -2.37. The summed E-state index contributed by atoms with van der Waals surface area (Å²) >= 11 is 6.04. The van der Waals surface area contributed by atoms with Crippen LogP contribution >= 0.6 is 11.6 Å². The standard InChI is InChI=1S/C11H15ClN4O2S/c1-7(13-2)5-16-19(17,18)9-6-15-11-10(9)8(12)3-4-14-11/h3-4,6-7,13,16H,5H2,1-2H3,(H,14,15). The molecule has 1 unspecified atom stereocenters. The lowest BCUT2D eigenvalue weighted by atomic mass is 10.3. The van der Waals surface area contributed by atoms with E-state index in [0.717, 1.165) is 0 Å². The molecule has 1 atom stereocenters. The van der Waals surface area contributed by atoms with Crippen molar-refractivity contribution in [2.75, 3.05) is 13.6 Å². The predicted octanol–water partition coefficient (Wildman–Crippen LogP) is 1.10. The molecule has 104 valence electrons. The highest BCUT2D eigenvalue weighted by Gasteiger charge is 2.21. The number of aromatic amines is 1. The van der Waals surface area contributed by atoms with Gasteiger partial charge in [0.25, 0.3) is 0 Å². The lowest BCUT2D eigenvalue weighted by molar-refractivity contribution is 0.555. The van der Waals surface area contributed by atoms with Crippen LogP contribution in [-0.2, 0) is 10.0 Å². The number of nitrogens with zero attached hydrogens (tertiary/aromatic N) is 1. The second-order valence-electron chi connectivity index (χ2n) is 4.21. The highest BCUT2D eigenvalue weighted by Crippen LogP contribution is 2.27. The molecule has 0 bridgehead atoms. The zero-order valence-electron chi connectivity index (χ0n) is 10.6. The Morgan fingerprint density at radius 2 is 2.26 bits per heavy atom. The maximum absolute atomic E-state index is 12.2. The van der Waals surface area contributed by atoms with Gasteiger partial charge in [0.2, 0.25) is 10.0 Å². The van der Waals surface area contributed by atoms with Gasteiger partial charge in [-0.15, -0.1) is 0 Å². The van der Waals surface area contributed by atoms with E-state index >= 15 is 0 Å². The molecule has 0 fully saturated rings. The zero-order valence-corrected chi connectivity index (χ0v) is 12.1. The molecule has 2 aromatic rings. The van der Waals surface area contributed by atoms with Crippen LogP contribution in [0.25, 0.3) is 11.0 Å². The number of rotatable bonds is 5. The Kier molecular flexibility index (Phi) is 4.10. The molecule has 0 aliphatic carbocycles. The molecule has 8 heteroatoms. The SMILES string of the molecule is CNC(C)CNS(=O)(=O)c1c[nH]c2nccc(Cl)c12. The fraction of sp³-hybridized carbons (Fsp3) is 0.364. The van der Waals surface area contributed by atoms with E-state index in [-0.39, 0.29) is 10.9 Å². The predicted molar refractivity (Wildman–Crippen MR) is 74.8 cm³/mol. The monoisotopic (exact) mass is 302 g/mol. The first-order chi connectivity index (χ1) is 8.95. The molecular formula is C11H15ClN4O2S. The molecule has 2 rings (SSSR count). The van der Waals surface area contributed by atoms with Gasteiger partial charge in [-0.1, -0.05) is 11.6 Å². The van der Waals surface area contributed by atoms with Crippen LogP contribution in [0.2, 0.25) is 5.02 Å². The minimum Gasteiger partial charge on any atom is -0.345 e. The number of sulfonamides is 1. The van der Waals surface area contributed by atoms with Crippen molar-refractivity contribution in [2.45, 2.75) is 17.9 Å². The molecule has 2 aromatic heterocycles. The number of likely N-dealkylation sites (N-methyl/N-ethyl adjacent to an activating group) is 1. The zero-order chi connectivity index (χ0) is 14.0. The molecule has 0 aromatic carbocycles. The fourth-order valence-electron chi connectivity index (χ4n) is 1.61. The van der Waals surface area contributed by atoms with Gasteiger partial charge in [0.1, 0.15) is 10.5 Å². The van der Waals surface area contributed by atoms with Gasteiger partial charge < -0.3 is 10.3 Å². The third-order valence-electron chi connectivity index (χ3n) is 2.85. The van der Waals surface area contributed by atoms with Crippen LogP contribution in [0.3, 0.4) is 0 Å². The van der Waals surface area contributed by atoms with Crippen molar-refractivity contribution in [3.05, 3.63) is 23.5 Å². The third kappa shape index (κ3) is 2.89. The molecule has 0 saturated carbocycles. The number of pyridine rings is 1. The van der Waals surface area contributed by atoms with E-state index < -0.39 is 10.0 Å². The van der Waals surface area contributed by atoms with Crippen LogP contribution in [0.4, 0.5) is 0 Å². The van der Waals surface area contributed by atoms with E-state index in [0.29, 0.717) is 22.6 Å². The second-order valence-corrected chi connectivity index (χ2v) is 6.35. The molecular weight excluding hydrogens is 288 g/mol. The van der Waals surface area contributed by atoms with Crippen LogP contribution < -0.4 is 10.0 Å². The summed E-state index contributed by atoms with van der Waals surface area (Å²) in [6.45, 7) is 2.18. The maximum atomic E-state index is 12.2. The highest BCUT2D eigenvalue weighted by atomic mass is 35.5. The first kappa shape index (κ1) is 14.3. The minimum atomic E-state index is -3.62. The number of nitrogens with one attached hydrogen (secondary N) is 3. The van der Waals surface area contributed by atoms with Gasteiger partial charge in [0.15, 0.2) is 0 Å². The van der Waals surface area contributed by atoms with Crippen LogP contribution in [0.5, 0.6) is 0 Å². The smallest absolute Gasteiger partial charge is 0.242 e. The Morgan fingerprint density at radius 3 is 2.95 bits per heavy atom. The molecule has 6 nitrogen and oxygen atoms in total. The molecule has 3 N–H and O–H groups in total. The molecule has 0 aliphatic rings. The molecule has 19 heavy (non-hydrogen) atoms. The van der Waals surface area contributed by atoms with Crippen LogP contribution in [0.1, 0.15) is 6.92 Å². The van der Waals surface area contributed by atoms with E-state index in [1.165, 1.54) is 12.4 Å². The lowest BCUT2D eigenvalue weighted by Gasteiger charge is -2.11. The number of aromatic nitrogens is 2. The van der Waals surface area contributed by atoms with Crippen LogP contribution in [0, 0.1) is 0 Å². The van der Waals surface area contributed by atoms with Crippen LogP contribution in [-0.4, -0.2) is 38.0 Å². The maximum Gasteiger partial charge on any atom is 0.242 e. The fourth-order valence-corrected chi connectivity index (χ4v) is 3.23. The average Bonchev–Trinajstić information content (AvgIpc) is 2.82. The first-order valence-electron chi connectivity index (χ1n) is 5.74. The van der Waals surface area contributed by atoms with Gasteiger partial charge in [-0.05, 0) is 20.0 Å². The van der Waals surface area contributed by atoms with E-state index in [2.05, 4.69) is 20.0 Å². The minimum absolute atomic E-state index is 0.0357. The quantitative estimate of drug-likeness (QED) is 0.772. The van der Waals surface area contributed by atoms with Crippen molar-refractivity contribution in [1.82, 2.24) is 20.0 Å². The molecule has 2 heterocycles. The summed E-state index contributed by atoms with van der Waals surface area (Å²) in [6.07, 6.45) is 2.92. The normalized spacial score (nSPS) is 13.8. The summed E-state index contributed by atoms with van der Waals surface area (Å²) in [5, 5.41) is 3.72. The number of H-pyrrole nitrogens is 1. The van der Waals surface area contributed by atoms with Crippen molar-refractivity contribution in [1.29, 1.82) is 0 Å². The number of fused-ring (bicyclic) bond motifs is 1. The van der Waals surface area contributed by atoms with Gasteiger partial charge >= 0.3 is 0 Å². The van der Waals surface area contributed by atoms with Gasteiger partial charge in [-0.2, -0.15) is 0 Å². The first-order valence-corrected chi connectivity index (χ1v) is 7.60. The summed E-state index contributed by atoms with van der Waals surface area (Å²) in [5.41, 5.74) is 0.453. The Labute approximate surface area is 116 Å². The number of hydrogen-bond donors (Lipinski definition) is 3. The third-order valence-corrected chi connectivity index (χ3v) is 4.61. The molecule has 0 amide bonds. The van der Waals surface area contributed by atoms with E-state index in [4.69, 9.17) is 11.6 Å².